The molecule has 0 bridgehead atoms. The highest BCUT2D eigenvalue weighted by Gasteiger charge is 2.44. The van der Waals surface area contributed by atoms with Crippen molar-refractivity contribution in [2.24, 2.45) is 0 Å². The third-order valence-electron chi connectivity index (χ3n) is 8.30. The van der Waals surface area contributed by atoms with Crippen molar-refractivity contribution in [2.45, 2.75) is 38.5 Å². The van der Waals surface area contributed by atoms with Crippen molar-refractivity contribution in [3.8, 4) is 0 Å². The zero-order chi connectivity index (χ0) is 29.0. The SMILES string of the molecule is CN1/C(=C\C=C\C2=[N+](C)c3ccc4ccccc4c3C2(C)C)C(C)(C)c2c1ccc1ccccc21.F[B-](F)(F)F. The van der Waals surface area contributed by atoms with Gasteiger partial charge in [0.25, 0.3) is 0 Å². The molecular formula is C33H33BF4N2. The molecule has 2 aliphatic heterocycles. The van der Waals surface area contributed by atoms with Crippen LogP contribution in [-0.2, 0) is 10.8 Å². The fraction of sp³-hybridized carbons (Fsp3) is 0.242. The molecule has 7 heteroatoms. The van der Waals surface area contributed by atoms with Crippen LogP contribution in [0.2, 0.25) is 0 Å². The van der Waals surface area contributed by atoms with Gasteiger partial charge in [0.15, 0.2) is 5.71 Å². The lowest BCUT2D eigenvalue weighted by atomic mass is 9.79. The number of benzene rings is 4. The Hall–Kier alpha value is -3.87. The summed E-state index contributed by atoms with van der Waals surface area (Å²) in [5, 5.41) is 5.31. The zero-order valence-corrected chi connectivity index (χ0v) is 23.6. The van der Waals surface area contributed by atoms with E-state index in [-0.39, 0.29) is 10.8 Å². The van der Waals surface area contributed by atoms with Crippen molar-refractivity contribution in [2.75, 3.05) is 19.0 Å². The summed E-state index contributed by atoms with van der Waals surface area (Å²) < 4.78 is 41.4. The van der Waals surface area contributed by atoms with Crippen molar-refractivity contribution in [3.05, 3.63) is 108 Å². The Bertz CT molecular complexity index is 1720. The highest BCUT2D eigenvalue weighted by molar-refractivity contribution is 6.50. The maximum absolute atomic E-state index is 9.75. The summed E-state index contributed by atoms with van der Waals surface area (Å²) in [6, 6.07) is 26.5. The topological polar surface area (TPSA) is 6.25 Å². The van der Waals surface area contributed by atoms with Gasteiger partial charge in [0.2, 0.25) is 5.69 Å². The first-order valence-electron chi connectivity index (χ1n) is 13.4. The molecule has 2 nitrogen and oxygen atoms in total. The molecule has 4 aromatic carbocycles. The van der Waals surface area contributed by atoms with E-state index in [1.807, 2.05) is 0 Å². The smallest absolute Gasteiger partial charge is 0.418 e. The van der Waals surface area contributed by atoms with Crippen LogP contribution in [0, 0.1) is 0 Å². The molecule has 40 heavy (non-hydrogen) atoms. The molecule has 0 unspecified atom stereocenters. The highest BCUT2D eigenvalue weighted by atomic mass is 19.5. The number of rotatable bonds is 2. The first-order chi connectivity index (χ1) is 18.7. The number of halogens is 4. The molecule has 0 aliphatic carbocycles. The van der Waals surface area contributed by atoms with Gasteiger partial charge < -0.3 is 22.2 Å². The third-order valence-corrected chi connectivity index (χ3v) is 8.30. The molecular weight excluding hydrogens is 511 g/mol. The predicted octanol–water partition coefficient (Wildman–Crippen LogP) is 9.17. The van der Waals surface area contributed by atoms with Crippen molar-refractivity contribution in [1.82, 2.24) is 0 Å². The van der Waals surface area contributed by atoms with Gasteiger partial charge in [0.1, 0.15) is 7.05 Å². The number of likely N-dealkylation sites (N-methyl/N-ethyl adjacent to an activating group) is 1. The minimum atomic E-state index is -6.00. The lowest BCUT2D eigenvalue weighted by Crippen LogP contribution is -2.27. The fourth-order valence-electron chi connectivity index (χ4n) is 6.62. The number of nitrogens with zero attached hydrogens (tertiary/aromatic N) is 2. The molecule has 0 saturated heterocycles. The summed E-state index contributed by atoms with van der Waals surface area (Å²) in [6.45, 7) is 9.40. The average Bonchev–Trinajstić information content (AvgIpc) is 3.21. The van der Waals surface area contributed by atoms with E-state index in [2.05, 4.69) is 142 Å². The monoisotopic (exact) mass is 544 g/mol. The summed E-state index contributed by atoms with van der Waals surface area (Å²) in [5.74, 6) is 0. The molecule has 4 aromatic rings. The molecule has 0 radical (unpaired) electrons. The van der Waals surface area contributed by atoms with Crippen molar-refractivity contribution in [3.63, 3.8) is 0 Å². The number of allylic oxidation sites excluding steroid dienone is 4. The quantitative estimate of drug-likeness (QED) is 0.139. The van der Waals surface area contributed by atoms with Gasteiger partial charge in [0.05, 0.1) is 5.41 Å². The first kappa shape index (κ1) is 27.7. The van der Waals surface area contributed by atoms with Crippen molar-refractivity contribution >= 4 is 45.9 Å². The van der Waals surface area contributed by atoms with Gasteiger partial charge >= 0.3 is 7.25 Å². The van der Waals surface area contributed by atoms with Crippen LogP contribution in [0.25, 0.3) is 21.5 Å². The Morgan fingerprint density at radius 2 is 1.25 bits per heavy atom. The van der Waals surface area contributed by atoms with E-state index >= 15 is 0 Å². The standard InChI is InChI=1S/C33H33N2.BF4/c1-32(2)28(34(5)26-20-18-22-12-7-9-14-24(22)30(26)32)16-11-17-29-33(3,4)31-25-15-10-8-13-23(25)19-21-27(31)35(29)6;2-1(3,4)5/h7-21H,1-6H3;/q+1;-1. The Balaban J connectivity index is 0.000000595. The summed E-state index contributed by atoms with van der Waals surface area (Å²) in [4.78, 5) is 2.36. The van der Waals surface area contributed by atoms with Gasteiger partial charge in [-0.3, -0.25) is 0 Å². The van der Waals surface area contributed by atoms with Crippen molar-refractivity contribution in [1.29, 1.82) is 0 Å². The second kappa shape index (κ2) is 9.65. The van der Waals surface area contributed by atoms with Crippen LogP contribution in [0.3, 0.4) is 0 Å². The summed E-state index contributed by atoms with van der Waals surface area (Å²) in [6.07, 6.45) is 6.88. The summed E-state index contributed by atoms with van der Waals surface area (Å²) in [7, 11) is -1.61. The van der Waals surface area contributed by atoms with Crippen LogP contribution in [-0.4, -0.2) is 31.6 Å². The van der Waals surface area contributed by atoms with Crippen LogP contribution >= 0.6 is 0 Å². The van der Waals surface area contributed by atoms with Crippen LogP contribution in [0.15, 0.2) is 96.7 Å². The number of hydrogen-bond acceptors (Lipinski definition) is 1. The molecule has 0 N–H and O–H groups in total. The number of anilines is 1. The predicted molar refractivity (Wildman–Crippen MR) is 161 cm³/mol. The largest absolute Gasteiger partial charge is 0.673 e. The van der Waals surface area contributed by atoms with Gasteiger partial charge in [0, 0.05) is 41.6 Å². The molecule has 0 aromatic heterocycles. The molecule has 0 amide bonds. The molecule has 0 atom stereocenters. The van der Waals surface area contributed by atoms with E-state index in [0.29, 0.717) is 0 Å². The fourth-order valence-corrected chi connectivity index (χ4v) is 6.62. The Morgan fingerprint density at radius 3 is 1.85 bits per heavy atom. The second-order valence-electron chi connectivity index (χ2n) is 11.5. The van der Waals surface area contributed by atoms with E-state index in [4.69, 9.17) is 0 Å². The highest BCUT2D eigenvalue weighted by Crippen LogP contribution is 2.50. The Kier molecular flexibility index (Phi) is 6.68. The van der Waals surface area contributed by atoms with Crippen LogP contribution in [0.1, 0.15) is 38.8 Å². The minimum Gasteiger partial charge on any atom is -0.418 e. The molecule has 0 saturated carbocycles. The van der Waals surface area contributed by atoms with Gasteiger partial charge in [-0.1, -0.05) is 74.5 Å². The van der Waals surface area contributed by atoms with Gasteiger partial charge in [-0.25, -0.2) is 0 Å². The Labute approximate surface area is 233 Å². The number of hydrogen-bond donors (Lipinski definition) is 0. The third kappa shape index (κ3) is 4.61. The first-order valence-corrected chi connectivity index (χ1v) is 13.4. The molecule has 0 fully saturated rings. The second-order valence-corrected chi connectivity index (χ2v) is 11.5. The summed E-state index contributed by atoms with van der Waals surface area (Å²) in [5.41, 5.74) is 7.94. The van der Waals surface area contributed by atoms with Crippen molar-refractivity contribution < 1.29 is 21.8 Å². The van der Waals surface area contributed by atoms with E-state index < -0.39 is 7.25 Å². The molecule has 206 valence electrons. The van der Waals surface area contributed by atoms with Crippen LogP contribution in [0.4, 0.5) is 28.6 Å². The average molecular weight is 544 g/mol. The van der Waals surface area contributed by atoms with E-state index in [9.17, 15) is 17.3 Å². The van der Waals surface area contributed by atoms with Crippen LogP contribution in [0.5, 0.6) is 0 Å². The summed E-state index contributed by atoms with van der Waals surface area (Å²) >= 11 is 0. The van der Waals surface area contributed by atoms with Gasteiger partial charge in [-0.15, -0.1) is 0 Å². The van der Waals surface area contributed by atoms with Gasteiger partial charge in [-0.2, -0.15) is 4.58 Å². The maximum Gasteiger partial charge on any atom is 0.673 e. The minimum absolute atomic E-state index is 0.0732. The normalized spacial score (nSPS) is 18.4. The molecule has 2 heterocycles. The van der Waals surface area contributed by atoms with E-state index in [1.165, 1.54) is 55.5 Å². The van der Waals surface area contributed by atoms with Crippen LogP contribution < -0.4 is 4.90 Å². The molecule has 0 spiro atoms. The zero-order valence-electron chi connectivity index (χ0n) is 23.6. The maximum atomic E-state index is 9.75. The lowest BCUT2D eigenvalue weighted by Gasteiger charge is -2.24. The van der Waals surface area contributed by atoms with E-state index in [0.717, 1.165) is 0 Å². The van der Waals surface area contributed by atoms with E-state index in [1.54, 1.807) is 0 Å². The molecule has 6 rings (SSSR count). The molecule has 2 aliphatic rings. The lowest BCUT2D eigenvalue weighted by molar-refractivity contribution is -0.401. The van der Waals surface area contributed by atoms with Gasteiger partial charge in [-0.05, 0) is 59.2 Å². The Morgan fingerprint density at radius 1 is 0.725 bits per heavy atom. The number of fused-ring (bicyclic) bond motifs is 6.